The second-order valence-corrected chi connectivity index (χ2v) is 6.17. The number of sulfonamides is 1. The first-order valence-electron chi connectivity index (χ1n) is 5.75. The van der Waals surface area contributed by atoms with E-state index in [9.17, 15) is 21.6 Å². The van der Waals surface area contributed by atoms with Gasteiger partial charge in [0.1, 0.15) is 0 Å². The first-order valence-corrected chi connectivity index (χ1v) is 7.19. The molecule has 1 saturated heterocycles. The van der Waals surface area contributed by atoms with Gasteiger partial charge in [0.25, 0.3) is 0 Å². The molecule has 0 amide bonds. The highest BCUT2D eigenvalue weighted by atomic mass is 32.2. The zero-order valence-corrected chi connectivity index (χ0v) is 11.1. The average molecular weight is 310 g/mol. The second-order valence-electron chi connectivity index (χ2n) is 4.28. The van der Waals surface area contributed by atoms with E-state index in [-0.39, 0.29) is 19.8 Å². The topological polar surface area (TPSA) is 72.6 Å². The van der Waals surface area contributed by atoms with Gasteiger partial charge in [-0.2, -0.15) is 17.5 Å². The van der Waals surface area contributed by atoms with E-state index in [0.717, 1.165) is 22.5 Å². The lowest BCUT2D eigenvalue weighted by Gasteiger charge is -2.31. The van der Waals surface area contributed by atoms with Crippen LogP contribution in [0.25, 0.3) is 0 Å². The number of nitrogens with two attached hydrogens (primary N) is 1. The van der Waals surface area contributed by atoms with Gasteiger partial charge in [-0.25, -0.2) is 8.42 Å². The minimum Gasteiger partial charge on any atom is -0.377 e. The zero-order valence-electron chi connectivity index (χ0n) is 10.3. The number of ether oxygens (including phenoxy) is 1. The molecule has 1 heterocycles. The molecule has 9 heteroatoms. The molecule has 1 unspecified atom stereocenters. The fraction of sp³-hybridized carbons (Fsp3) is 0.455. The molecule has 0 spiro atoms. The molecule has 1 atom stereocenters. The Kier molecular flexibility index (Phi) is 4.05. The van der Waals surface area contributed by atoms with Gasteiger partial charge in [0.05, 0.1) is 29.8 Å². The summed E-state index contributed by atoms with van der Waals surface area (Å²) in [6.07, 6.45) is -5.50. The number of halogens is 3. The van der Waals surface area contributed by atoms with E-state index >= 15 is 0 Å². The van der Waals surface area contributed by atoms with Crippen molar-refractivity contribution in [3.63, 3.8) is 0 Å². The molecule has 5 nitrogen and oxygen atoms in total. The Balaban J connectivity index is 2.39. The fourth-order valence-corrected chi connectivity index (χ4v) is 3.40. The molecule has 0 saturated carbocycles. The Labute approximate surface area is 114 Å². The molecule has 112 valence electrons. The van der Waals surface area contributed by atoms with E-state index in [1.807, 2.05) is 0 Å². The van der Waals surface area contributed by atoms with Crippen LogP contribution in [-0.4, -0.2) is 38.6 Å². The van der Waals surface area contributed by atoms with Crippen LogP contribution in [-0.2, 0) is 20.9 Å². The Bertz CT molecular complexity index is 589. The number of alkyl halides is 3. The quantitative estimate of drug-likeness (QED) is 0.885. The second kappa shape index (κ2) is 5.32. The first-order chi connectivity index (χ1) is 9.23. The lowest BCUT2D eigenvalue weighted by molar-refractivity contribution is -0.137. The molecule has 1 aliphatic rings. The summed E-state index contributed by atoms with van der Waals surface area (Å²) in [6.45, 7) is 0.184. The van der Waals surface area contributed by atoms with Crippen LogP contribution in [0.3, 0.4) is 0 Å². The van der Waals surface area contributed by atoms with Gasteiger partial charge >= 0.3 is 6.18 Å². The third kappa shape index (κ3) is 2.95. The standard InChI is InChI=1S/C11H13F3N2O3S/c12-11(13,14)8-2-1-3-9(6-8)20(17,18)16-4-5-19-7-10(16)15/h1-3,6,10H,4-5,7,15H2. The van der Waals surface area contributed by atoms with Crippen LogP contribution in [0.15, 0.2) is 29.2 Å². The maximum absolute atomic E-state index is 12.6. The van der Waals surface area contributed by atoms with Gasteiger partial charge in [-0.1, -0.05) is 6.07 Å². The van der Waals surface area contributed by atoms with Gasteiger partial charge < -0.3 is 10.5 Å². The average Bonchev–Trinajstić information content (AvgIpc) is 2.38. The van der Waals surface area contributed by atoms with Crippen molar-refractivity contribution < 1.29 is 26.3 Å². The van der Waals surface area contributed by atoms with Crippen LogP contribution in [0.1, 0.15) is 5.56 Å². The summed E-state index contributed by atoms with van der Waals surface area (Å²) in [5.41, 5.74) is 4.61. The number of nitrogens with zero attached hydrogens (tertiary/aromatic N) is 1. The molecule has 0 aromatic heterocycles. The van der Waals surface area contributed by atoms with Crippen molar-refractivity contribution >= 4 is 10.0 Å². The highest BCUT2D eigenvalue weighted by Gasteiger charge is 2.35. The number of hydrogen-bond acceptors (Lipinski definition) is 4. The smallest absolute Gasteiger partial charge is 0.377 e. The number of rotatable bonds is 2. The van der Waals surface area contributed by atoms with Crippen molar-refractivity contribution in [1.29, 1.82) is 0 Å². The minimum absolute atomic E-state index is 0.0121. The van der Waals surface area contributed by atoms with Crippen molar-refractivity contribution in [1.82, 2.24) is 4.31 Å². The van der Waals surface area contributed by atoms with Crippen LogP contribution in [0.5, 0.6) is 0 Å². The number of hydrogen-bond donors (Lipinski definition) is 1. The zero-order chi connectivity index (χ0) is 15.0. The summed E-state index contributed by atoms with van der Waals surface area (Å²) in [4.78, 5) is -0.426. The summed E-state index contributed by atoms with van der Waals surface area (Å²) in [6, 6.07) is 3.60. The van der Waals surface area contributed by atoms with Crippen LogP contribution < -0.4 is 5.73 Å². The van der Waals surface area contributed by atoms with E-state index in [2.05, 4.69) is 0 Å². The van der Waals surface area contributed by atoms with E-state index in [4.69, 9.17) is 10.5 Å². The molecular weight excluding hydrogens is 297 g/mol. The molecule has 0 radical (unpaired) electrons. The molecule has 20 heavy (non-hydrogen) atoms. The lowest BCUT2D eigenvalue weighted by Crippen LogP contribution is -2.53. The minimum atomic E-state index is -4.60. The molecule has 1 aromatic rings. The molecule has 0 bridgehead atoms. The summed E-state index contributed by atoms with van der Waals surface area (Å²) < 4.78 is 68.4. The van der Waals surface area contributed by atoms with E-state index in [1.54, 1.807) is 0 Å². The highest BCUT2D eigenvalue weighted by molar-refractivity contribution is 7.89. The Hall–Kier alpha value is -1.16. The van der Waals surface area contributed by atoms with Crippen LogP contribution in [0.4, 0.5) is 13.2 Å². The van der Waals surface area contributed by atoms with Gasteiger partial charge in [-0.3, -0.25) is 0 Å². The summed E-state index contributed by atoms with van der Waals surface area (Å²) in [7, 11) is -4.07. The monoisotopic (exact) mass is 310 g/mol. The van der Waals surface area contributed by atoms with Crippen molar-refractivity contribution in [3.8, 4) is 0 Å². The van der Waals surface area contributed by atoms with E-state index in [0.29, 0.717) is 6.07 Å². The van der Waals surface area contributed by atoms with Crippen molar-refractivity contribution in [2.45, 2.75) is 17.2 Å². The molecular formula is C11H13F3N2O3S. The van der Waals surface area contributed by atoms with Gasteiger partial charge in [0, 0.05) is 6.54 Å². The number of morpholine rings is 1. The van der Waals surface area contributed by atoms with Gasteiger partial charge in [0.2, 0.25) is 10.0 Å². The predicted octanol–water partition coefficient (Wildman–Crippen LogP) is 1.01. The van der Waals surface area contributed by atoms with Gasteiger partial charge in [0.15, 0.2) is 0 Å². The summed E-state index contributed by atoms with van der Waals surface area (Å²) in [5, 5.41) is 0. The fourth-order valence-electron chi connectivity index (χ4n) is 1.87. The van der Waals surface area contributed by atoms with Crippen molar-refractivity contribution in [2.75, 3.05) is 19.8 Å². The van der Waals surface area contributed by atoms with Crippen LogP contribution in [0.2, 0.25) is 0 Å². The maximum atomic E-state index is 12.6. The van der Waals surface area contributed by atoms with Crippen molar-refractivity contribution in [2.24, 2.45) is 5.73 Å². The van der Waals surface area contributed by atoms with E-state index in [1.165, 1.54) is 0 Å². The molecule has 1 fully saturated rings. The van der Waals surface area contributed by atoms with E-state index < -0.39 is 32.8 Å². The van der Waals surface area contributed by atoms with Crippen molar-refractivity contribution in [3.05, 3.63) is 29.8 Å². The number of benzene rings is 1. The molecule has 1 aromatic carbocycles. The summed E-state index contributed by atoms with van der Waals surface area (Å²) in [5.74, 6) is 0. The Morgan fingerprint density at radius 2 is 2.05 bits per heavy atom. The molecule has 1 aliphatic heterocycles. The molecule has 2 N–H and O–H groups in total. The van der Waals surface area contributed by atoms with Crippen LogP contribution >= 0.6 is 0 Å². The molecule has 0 aliphatic carbocycles. The van der Waals surface area contributed by atoms with Gasteiger partial charge in [-0.15, -0.1) is 0 Å². The predicted molar refractivity (Wildman–Crippen MR) is 64.1 cm³/mol. The summed E-state index contributed by atoms with van der Waals surface area (Å²) >= 11 is 0. The Morgan fingerprint density at radius 3 is 2.65 bits per heavy atom. The maximum Gasteiger partial charge on any atom is 0.416 e. The normalized spacial score (nSPS) is 21.9. The third-order valence-electron chi connectivity index (χ3n) is 2.88. The third-order valence-corrected chi connectivity index (χ3v) is 4.80. The Morgan fingerprint density at radius 1 is 1.35 bits per heavy atom. The molecule has 2 rings (SSSR count). The highest BCUT2D eigenvalue weighted by Crippen LogP contribution is 2.31. The largest absolute Gasteiger partial charge is 0.416 e. The van der Waals surface area contributed by atoms with Crippen LogP contribution in [0, 0.1) is 0 Å². The lowest BCUT2D eigenvalue weighted by atomic mass is 10.2. The van der Waals surface area contributed by atoms with Gasteiger partial charge in [-0.05, 0) is 18.2 Å². The first kappa shape index (κ1) is 15.2. The SMILES string of the molecule is NC1COCCN1S(=O)(=O)c1cccc(C(F)(F)F)c1.